The number of piperazine rings is 1. The quantitative estimate of drug-likeness (QED) is 0.643. The molecule has 1 aliphatic heterocycles. The summed E-state index contributed by atoms with van der Waals surface area (Å²) in [7, 11) is 2.12. The minimum atomic E-state index is -0.110. The number of rotatable bonds is 3. The molecule has 0 aromatic heterocycles. The number of carbonyl (C=O) groups excluding carboxylic acids is 1. The average Bonchev–Trinajstić information content (AvgIpc) is 2.11. The topological polar surface area (TPSA) is 32.8 Å². The van der Waals surface area contributed by atoms with E-state index in [4.69, 9.17) is 4.74 Å². The second-order valence-electron chi connectivity index (χ2n) is 4.40. The van der Waals surface area contributed by atoms with Gasteiger partial charge in [0, 0.05) is 25.2 Å². The Bertz CT molecular complexity index is 209. The van der Waals surface area contributed by atoms with Gasteiger partial charge in [-0.1, -0.05) is 0 Å². The first-order chi connectivity index (χ1) is 7.04. The Labute approximate surface area is 92.2 Å². The molecule has 0 spiro atoms. The highest BCUT2D eigenvalue weighted by Gasteiger charge is 2.29. The fourth-order valence-electron chi connectivity index (χ4n) is 2.29. The third-order valence-electron chi connectivity index (χ3n) is 2.90. The zero-order valence-electron chi connectivity index (χ0n) is 10.2. The average molecular weight is 214 g/mol. The van der Waals surface area contributed by atoms with Crippen molar-refractivity contribution >= 4 is 5.97 Å². The standard InChI is InChI=1S/C11H22N2O2/c1-5-15-11(14)8-13-9(2)6-12(4)7-10(13)3/h9-10H,5-8H2,1-4H3. The number of hydrogen-bond acceptors (Lipinski definition) is 4. The molecule has 15 heavy (non-hydrogen) atoms. The molecule has 88 valence electrons. The lowest BCUT2D eigenvalue weighted by Crippen LogP contribution is -2.56. The lowest BCUT2D eigenvalue weighted by molar-refractivity contribution is -0.146. The van der Waals surface area contributed by atoms with Crippen molar-refractivity contribution in [2.75, 3.05) is 33.3 Å². The molecule has 0 bridgehead atoms. The largest absolute Gasteiger partial charge is 0.465 e. The van der Waals surface area contributed by atoms with E-state index in [1.165, 1.54) is 0 Å². The van der Waals surface area contributed by atoms with Crippen LogP contribution in [0.25, 0.3) is 0 Å². The van der Waals surface area contributed by atoms with Gasteiger partial charge in [0.25, 0.3) is 0 Å². The van der Waals surface area contributed by atoms with Gasteiger partial charge in [-0.15, -0.1) is 0 Å². The fourth-order valence-corrected chi connectivity index (χ4v) is 2.29. The van der Waals surface area contributed by atoms with E-state index in [1.807, 2.05) is 6.92 Å². The van der Waals surface area contributed by atoms with Crippen LogP contribution in [0.3, 0.4) is 0 Å². The Hall–Kier alpha value is -0.610. The highest BCUT2D eigenvalue weighted by atomic mass is 16.5. The summed E-state index contributed by atoms with van der Waals surface area (Å²) in [6.07, 6.45) is 0. The van der Waals surface area contributed by atoms with Gasteiger partial charge >= 0.3 is 5.97 Å². The summed E-state index contributed by atoms with van der Waals surface area (Å²) >= 11 is 0. The molecule has 2 unspecified atom stereocenters. The third kappa shape index (κ3) is 3.47. The van der Waals surface area contributed by atoms with Gasteiger partial charge in [-0.25, -0.2) is 0 Å². The highest BCUT2D eigenvalue weighted by molar-refractivity contribution is 5.71. The molecular weight excluding hydrogens is 192 g/mol. The second kappa shape index (κ2) is 5.47. The van der Waals surface area contributed by atoms with Crippen molar-refractivity contribution < 1.29 is 9.53 Å². The van der Waals surface area contributed by atoms with E-state index in [1.54, 1.807) is 0 Å². The second-order valence-corrected chi connectivity index (χ2v) is 4.40. The van der Waals surface area contributed by atoms with Crippen LogP contribution in [-0.2, 0) is 9.53 Å². The van der Waals surface area contributed by atoms with Gasteiger partial charge in [0.05, 0.1) is 13.2 Å². The first-order valence-electron chi connectivity index (χ1n) is 5.64. The summed E-state index contributed by atoms with van der Waals surface area (Å²) in [5, 5.41) is 0. The molecule has 1 heterocycles. The molecule has 0 N–H and O–H groups in total. The van der Waals surface area contributed by atoms with E-state index in [-0.39, 0.29) is 5.97 Å². The summed E-state index contributed by atoms with van der Waals surface area (Å²) in [6, 6.07) is 0.839. The Kier molecular flexibility index (Phi) is 4.54. The molecule has 1 aliphatic rings. The number of carbonyl (C=O) groups is 1. The predicted molar refractivity (Wildman–Crippen MR) is 59.8 cm³/mol. The van der Waals surface area contributed by atoms with Crippen LogP contribution in [0.5, 0.6) is 0 Å². The molecule has 0 aromatic carbocycles. The first-order valence-corrected chi connectivity index (χ1v) is 5.64. The molecule has 1 fully saturated rings. The molecule has 4 nitrogen and oxygen atoms in total. The Morgan fingerprint density at radius 2 is 1.87 bits per heavy atom. The van der Waals surface area contributed by atoms with E-state index < -0.39 is 0 Å². The maximum absolute atomic E-state index is 11.4. The molecule has 0 aliphatic carbocycles. The smallest absolute Gasteiger partial charge is 0.320 e. The van der Waals surface area contributed by atoms with Gasteiger partial charge in [0.1, 0.15) is 0 Å². The molecule has 0 aromatic rings. The maximum Gasteiger partial charge on any atom is 0.320 e. The normalized spacial score (nSPS) is 29.1. The zero-order chi connectivity index (χ0) is 11.4. The monoisotopic (exact) mass is 214 g/mol. The van der Waals surface area contributed by atoms with Crippen LogP contribution in [0.1, 0.15) is 20.8 Å². The van der Waals surface area contributed by atoms with Gasteiger partial charge in [0.2, 0.25) is 0 Å². The lowest BCUT2D eigenvalue weighted by Gasteiger charge is -2.42. The fraction of sp³-hybridized carbons (Fsp3) is 0.909. The van der Waals surface area contributed by atoms with Crippen molar-refractivity contribution in [1.29, 1.82) is 0 Å². The van der Waals surface area contributed by atoms with E-state index in [0.717, 1.165) is 13.1 Å². The van der Waals surface area contributed by atoms with Crippen LogP contribution in [0.15, 0.2) is 0 Å². The van der Waals surface area contributed by atoms with Crippen molar-refractivity contribution in [2.45, 2.75) is 32.9 Å². The van der Waals surface area contributed by atoms with Crippen LogP contribution >= 0.6 is 0 Å². The molecule has 1 rings (SSSR count). The number of ether oxygens (including phenoxy) is 1. The Morgan fingerprint density at radius 3 is 2.33 bits per heavy atom. The molecule has 0 amide bonds. The van der Waals surface area contributed by atoms with E-state index in [0.29, 0.717) is 25.2 Å². The summed E-state index contributed by atoms with van der Waals surface area (Å²) in [5.41, 5.74) is 0. The maximum atomic E-state index is 11.4. The highest BCUT2D eigenvalue weighted by Crippen LogP contribution is 2.13. The molecule has 4 heteroatoms. The van der Waals surface area contributed by atoms with Crippen molar-refractivity contribution in [2.24, 2.45) is 0 Å². The summed E-state index contributed by atoms with van der Waals surface area (Å²) in [5.74, 6) is -0.110. The van der Waals surface area contributed by atoms with Crippen LogP contribution in [-0.4, -0.2) is 61.1 Å². The number of nitrogens with zero attached hydrogens (tertiary/aromatic N) is 2. The van der Waals surface area contributed by atoms with E-state index >= 15 is 0 Å². The minimum Gasteiger partial charge on any atom is -0.465 e. The van der Waals surface area contributed by atoms with Crippen molar-refractivity contribution in [1.82, 2.24) is 9.80 Å². The number of esters is 1. The van der Waals surface area contributed by atoms with Gasteiger partial charge < -0.3 is 9.64 Å². The summed E-state index contributed by atoms with van der Waals surface area (Å²) in [4.78, 5) is 15.9. The van der Waals surface area contributed by atoms with E-state index in [2.05, 4.69) is 30.7 Å². The molecular formula is C11H22N2O2. The van der Waals surface area contributed by atoms with Crippen LogP contribution in [0.4, 0.5) is 0 Å². The Balaban J connectivity index is 2.48. The van der Waals surface area contributed by atoms with Crippen LogP contribution in [0.2, 0.25) is 0 Å². The number of hydrogen-bond donors (Lipinski definition) is 0. The molecule has 0 radical (unpaired) electrons. The third-order valence-corrected chi connectivity index (χ3v) is 2.90. The Morgan fingerprint density at radius 1 is 1.33 bits per heavy atom. The van der Waals surface area contributed by atoms with E-state index in [9.17, 15) is 4.79 Å². The van der Waals surface area contributed by atoms with Crippen molar-refractivity contribution in [3.8, 4) is 0 Å². The molecule has 1 saturated heterocycles. The van der Waals surface area contributed by atoms with Gasteiger partial charge in [-0.3, -0.25) is 9.69 Å². The van der Waals surface area contributed by atoms with Gasteiger partial charge in [-0.2, -0.15) is 0 Å². The summed E-state index contributed by atoms with van der Waals surface area (Å²) in [6.45, 7) is 9.08. The van der Waals surface area contributed by atoms with Gasteiger partial charge in [-0.05, 0) is 27.8 Å². The molecule has 2 atom stereocenters. The van der Waals surface area contributed by atoms with Crippen LogP contribution in [0, 0.1) is 0 Å². The minimum absolute atomic E-state index is 0.110. The zero-order valence-corrected chi connectivity index (χ0v) is 10.2. The predicted octanol–water partition coefficient (Wildman–Crippen LogP) is 0.574. The summed E-state index contributed by atoms with van der Waals surface area (Å²) < 4.78 is 4.97. The first kappa shape index (κ1) is 12.5. The van der Waals surface area contributed by atoms with Crippen LogP contribution < -0.4 is 0 Å². The lowest BCUT2D eigenvalue weighted by atomic mass is 10.1. The number of likely N-dealkylation sites (N-methyl/N-ethyl adjacent to an activating group) is 1. The molecule has 0 saturated carbocycles. The SMILES string of the molecule is CCOC(=O)CN1C(C)CN(C)CC1C. The van der Waals surface area contributed by atoms with Crippen molar-refractivity contribution in [3.05, 3.63) is 0 Å². The van der Waals surface area contributed by atoms with Gasteiger partial charge in [0.15, 0.2) is 0 Å². The van der Waals surface area contributed by atoms with Crippen molar-refractivity contribution in [3.63, 3.8) is 0 Å².